The molecule has 0 saturated carbocycles. The van der Waals surface area contributed by atoms with Gasteiger partial charge < -0.3 is 9.42 Å². The summed E-state index contributed by atoms with van der Waals surface area (Å²) in [5.74, 6) is -0.341. The molecule has 3 aromatic rings. The van der Waals surface area contributed by atoms with Gasteiger partial charge in [0.25, 0.3) is 5.56 Å². The van der Waals surface area contributed by atoms with Crippen molar-refractivity contribution in [3.8, 4) is 0 Å². The van der Waals surface area contributed by atoms with Gasteiger partial charge in [-0.05, 0) is 12.1 Å². The number of nitrogens with one attached hydrogen (secondary N) is 1. The normalized spacial score (nSPS) is 15.8. The van der Waals surface area contributed by atoms with Crippen molar-refractivity contribution in [3.05, 3.63) is 51.3 Å². The molecule has 3 heterocycles. The van der Waals surface area contributed by atoms with Crippen LogP contribution in [0.5, 0.6) is 0 Å². The highest BCUT2D eigenvalue weighted by Crippen LogP contribution is 2.24. The van der Waals surface area contributed by atoms with Crippen molar-refractivity contribution in [2.75, 3.05) is 31.1 Å². The Balaban J connectivity index is 1.45. The molecule has 25 heavy (non-hydrogen) atoms. The smallest absolute Gasteiger partial charge is 0.285 e. The highest BCUT2D eigenvalue weighted by Gasteiger charge is 2.22. The van der Waals surface area contributed by atoms with Crippen LogP contribution in [0, 0.1) is 5.82 Å². The molecule has 9 heteroatoms. The van der Waals surface area contributed by atoms with Gasteiger partial charge in [-0.2, -0.15) is 5.10 Å². The Labute approximate surface area is 147 Å². The lowest BCUT2D eigenvalue weighted by Gasteiger charge is -2.35. The number of fused-ring (bicyclic) bond motifs is 1. The highest BCUT2D eigenvalue weighted by molar-refractivity contribution is 6.33. The molecule has 4 rings (SSSR count). The molecule has 0 aliphatic carbocycles. The Morgan fingerprint density at radius 3 is 2.88 bits per heavy atom. The predicted molar refractivity (Wildman–Crippen MR) is 91.3 cm³/mol. The van der Waals surface area contributed by atoms with Gasteiger partial charge in [0.05, 0.1) is 11.9 Å². The van der Waals surface area contributed by atoms with Crippen LogP contribution in [-0.2, 0) is 6.54 Å². The third-order valence-corrected chi connectivity index (χ3v) is 4.74. The first-order valence-corrected chi connectivity index (χ1v) is 8.24. The van der Waals surface area contributed by atoms with E-state index in [9.17, 15) is 9.18 Å². The SMILES string of the molecule is O=c1[nH]ncc(N2CCN(Cc3noc4cc(F)ccc34)CC2)c1Cl. The summed E-state index contributed by atoms with van der Waals surface area (Å²) in [4.78, 5) is 15.8. The molecule has 1 aromatic carbocycles. The maximum atomic E-state index is 13.2. The molecule has 0 bridgehead atoms. The first-order valence-electron chi connectivity index (χ1n) is 7.86. The van der Waals surface area contributed by atoms with E-state index in [1.807, 2.05) is 4.90 Å². The molecule has 130 valence electrons. The fourth-order valence-electron chi connectivity index (χ4n) is 3.03. The summed E-state index contributed by atoms with van der Waals surface area (Å²) in [6.45, 7) is 3.61. The van der Waals surface area contributed by atoms with Gasteiger partial charge in [0.2, 0.25) is 0 Å². The Morgan fingerprint density at radius 2 is 2.08 bits per heavy atom. The van der Waals surface area contributed by atoms with Crippen LogP contribution in [0.25, 0.3) is 11.0 Å². The van der Waals surface area contributed by atoms with Crippen LogP contribution in [0.3, 0.4) is 0 Å². The van der Waals surface area contributed by atoms with E-state index in [0.29, 0.717) is 17.8 Å². The third-order valence-electron chi connectivity index (χ3n) is 4.37. The zero-order valence-electron chi connectivity index (χ0n) is 13.2. The predicted octanol–water partition coefficient (Wildman–Crippen LogP) is 2.03. The molecule has 7 nitrogen and oxygen atoms in total. The standard InChI is InChI=1S/C16H15ClFN5O2/c17-15-13(8-19-20-16(15)24)23-5-3-22(4-6-23)9-12-11-2-1-10(18)7-14(11)25-21-12/h1-2,7-8H,3-6,9H2,(H,20,24). The van der Waals surface area contributed by atoms with E-state index in [1.165, 1.54) is 12.1 Å². The lowest BCUT2D eigenvalue weighted by atomic mass is 10.2. The second kappa shape index (κ2) is 6.45. The van der Waals surface area contributed by atoms with E-state index in [1.54, 1.807) is 12.3 Å². The van der Waals surface area contributed by atoms with Crippen LogP contribution in [0.2, 0.25) is 5.02 Å². The van der Waals surface area contributed by atoms with Crippen LogP contribution in [0.4, 0.5) is 10.1 Å². The number of rotatable bonds is 3. The molecule has 0 unspecified atom stereocenters. The molecule has 0 spiro atoms. The summed E-state index contributed by atoms with van der Waals surface area (Å²) in [5.41, 5.74) is 1.50. The summed E-state index contributed by atoms with van der Waals surface area (Å²) < 4.78 is 18.4. The van der Waals surface area contributed by atoms with Crippen molar-refractivity contribution in [3.63, 3.8) is 0 Å². The van der Waals surface area contributed by atoms with E-state index in [4.69, 9.17) is 16.1 Å². The van der Waals surface area contributed by atoms with E-state index in [0.717, 1.165) is 37.3 Å². The number of anilines is 1. The number of nitrogens with zero attached hydrogens (tertiary/aromatic N) is 4. The quantitative estimate of drug-likeness (QED) is 0.767. The maximum Gasteiger partial charge on any atom is 0.285 e. The van der Waals surface area contributed by atoms with Gasteiger partial charge in [-0.15, -0.1) is 0 Å². The van der Waals surface area contributed by atoms with Crippen LogP contribution in [-0.4, -0.2) is 46.4 Å². The molecule has 0 radical (unpaired) electrons. The Hall–Kier alpha value is -2.45. The molecule has 1 fully saturated rings. The summed E-state index contributed by atoms with van der Waals surface area (Å²) >= 11 is 6.06. The maximum absolute atomic E-state index is 13.2. The molecule has 1 saturated heterocycles. The van der Waals surface area contributed by atoms with Crippen molar-refractivity contribution in [2.45, 2.75) is 6.54 Å². The fraction of sp³-hybridized carbons (Fsp3) is 0.312. The van der Waals surface area contributed by atoms with E-state index >= 15 is 0 Å². The molecule has 0 amide bonds. The van der Waals surface area contributed by atoms with Gasteiger partial charge >= 0.3 is 0 Å². The van der Waals surface area contributed by atoms with Crippen LogP contribution in [0.15, 0.2) is 33.7 Å². The summed E-state index contributed by atoms with van der Waals surface area (Å²) in [7, 11) is 0. The number of H-pyrrole nitrogens is 1. The molecule has 0 atom stereocenters. The Bertz CT molecular complexity index is 965. The lowest BCUT2D eigenvalue weighted by Crippen LogP contribution is -2.46. The average Bonchev–Trinajstić information content (AvgIpc) is 3.00. The van der Waals surface area contributed by atoms with Gasteiger partial charge in [-0.3, -0.25) is 9.69 Å². The largest absolute Gasteiger partial charge is 0.366 e. The Morgan fingerprint density at radius 1 is 1.28 bits per heavy atom. The summed E-state index contributed by atoms with van der Waals surface area (Å²) in [6.07, 6.45) is 1.57. The molecular formula is C16H15ClFN5O2. The molecule has 1 aliphatic heterocycles. The fourth-order valence-corrected chi connectivity index (χ4v) is 3.24. The van der Waals surface area contributed by atoms with Gasteiger partial charge in [-0.1, -0.05) is 16.8 Å². The topological polar surface area (TPSA) is 78.3 Å². The number of piperazine rings is 1. The number of hydrogen-bond donors (Lipinski definition) is 1. The van der Waals surface area contributed by atoms with Crippen molar-refractivity contribution < 1.29 is 8.91 Å². The number of halogens is 2. The highest BCUT2D eigenvalue weighted by atomic mass is 35.5. The first-order chi connectivity index (χ1) is 12.1. The molecule has 1 N–H and O–H groups in total. The minimum atomic E-state index is -0.386. The lowest BCUT2D eigenvalue weighted by molar-refractivity contribution is 0.243. The van der Waals surface area contributed by atoms with E-state index in [2.05, 4.69) is 20.3 Å². The third kappa shape index (κ3) is 3.10. The Kier molecular flexibility index (Phi) is 4.14. The second-order valence-corrected chi connectivity index (χ2v) is 6.31. The minimum Gasteiger partial charge on any atom is -0.366 e. The van der Waals surface area contributed by atoms with Crippen LogP contribution >= 0.6 is 11.6 Å². The van der Waals surface area contributed by atoms with Crippen molar-refractivity contribution >= 4 is 28.3 Å². The second-order valence-electron chi connectivity index (χ2n) is 5.93. The summed E-state index contributed by atoms with van der Waals surface area (Å²) in [5, 5.41) is 11.2. The van der Waals surface area contributed by atoms with Crippen molar-refractivity contribution in [1.82, 2.24) is 20.3 Å². The van der Waals surface area contributed by atoms with Crippen molar-refractivity contribution in [1.29, 1.82) is 0 Å². The zero-order valence-corrected chi connectivity index (χ0v) is 14.0. The van der Waals surface area contributed by atoms with E-state index < -0.39 is 0 Å². The zero-order chi connectivity index (χ0) is 17.4. The van der Waals surface area contributed by atoms with E-state index in [-0.39, 0.29) is 16.4 Å². The number of benzene rings is 1. The van der Waals surface area contributed by atoms with Gasteiger partial charge in [0.1, 0.15) is 16.5 Å². The van der Waals surface area contributed by atoms with Gasteiger partial charge in [0.15, 0.2) is 5.58 Å². The number of aromatic nitrogens is 3. The van der Waals surface area contributed by atoms with Crippen molar-refractivity contribution in [2.24, 2.45) is 0 Å². The molecular weight excluding hydrogens is 349 g/mol. The van der Waals surface area contributed by atoms with Crippen LogP contribution in [0.1, 0.15) is 5.69 Å². The summed E-state index contributed by atoms with van der Waals surface area (Å²) in [6, 6.07) is 4.43. The first kappa shape index (κ1) is 16.0. The molecule has 1 aliphatic rings. The monoisotopic (exact) mass is 363 g/mol. The number of aromatic amines is 1. The average molecular weight is 364 g/mol. The number of hydrogen-bond acceptors (Lipinski definition) is 6. The van der Waals surface area contributed by atoms with Gasteiger partial charge in [0, 0.05) is 44.2 Å². The molecule has 2 aromatic heterocycles. The minimum absolute atomic E-state index is 0.160. The van der Waals surface area contributed by atoms with Crippen LogP contribution < -0.4 is 10.5 Å². The van der Waals surface area contributed by atoms with Gasteiger partial charge in [-0.25, -0.2) is 9.49 Å².